The zero-order valence-electron chi connectivity index (χ0n) is 15.2. The topological polar surface area (TPSA) is 80.9 Å². The average molecular weight is 338 g/mol. The maximum Gasteiger partial charge on any atom is 0.225 e. The Balaban J connectivity index is 2.00. The molecule has 1 aromatic heterocycles. The highest BCUT2D eigenvalue weighted by Crippen LogP contribution is 2.34. The summed E-state index contributed by atoms with van der Waals surface area (Å²) in [5.41, 5.74) is 11.8. The second kappa shape index (κ2) is 7.21. The van der Waals surface area contributed by atoms with Crippen molar-refractivity contribution in [3.05, 3.63) is 35.2 Å². The highest BCUT2D eigenvalue weighted by molar-refractivity contribution is 5.90. The van der Waals surface area contributed by atoms with E-state index in [1.807, 2.05) is 32.0 Å². The molecule has 0 aliphatic heterocycles. The molecule has 0 fully saturated rings. The monoisotopic (exact) mass is 338 g/mol. The third-order valence-corrected chi connectivity index (χ3v) is 4.39. The van der Waals surface area contributed by atoms with Crippen LogP contribution in [-0.2, 0) is 24.1 Å². The molecule has 5 heteroatoms. The predicted octanol–water partition coefficient (Wildman–Crippen LogP) is 3.76. The molecule has 132 valence electrons. The normalized spacial score (nSPS) is 12.6. The summed E-state index contributed by atoms with van der Waals surface area (Å²) in [6.45, 7) is 6.18. The second-order valence-corrected chi connectivity index (χ2v) is 7.13. The van der Waals surface area contributed by atoms with Gasteiger partial charge in [0.25, 0.3) is 0 Å². The molecule has 0 saturated heterocycles. The van der Waals surface area contributed by atoms with E-state index < -0.39 is 0 Å². The first-order valence-corrected chi connectivity index (χ1v) is 9.06. The fourth-order valence-electron chi connectivity index (χ4n) is 3.26. The molecule has 5 nitrogen and oxygen atoms in total. The first-order valence-electron chi connectivity index (χ1n) is 9.06. The quantitative estimate of drug-likeness (QED) is 0.813. The van der Waals surface area contributed by atoms with E-state index in [2.05, 4.69) is 12.2 Å². The molecule has 2 aromatic rings. The van der Waals surface area contributed by atoms with Crippen LogP contribution in [0.15, 0.2) is 18.2 Å². The first-order chi connectivity index (χ1) is 12.0. The van der Waals surface area contributed by atoms with E-state index in [1.54, 1.807) is 0 Å². The van der Waals surface area contributed by atoms with Crippen molar-refractivity contribution in [3.8, 4) is 11.3 Å². The van der Waals surface area contributed by atoms with Crippen LogP contribution in [0, 0.1) is 5.92 Å². The summed E-state index contributed by atoms with van der Waals surface area (Å²) in [7, 11) is 0. The van der Waals surface area contributed by atoms with E-state index in [-0.39, 0.29) is 5.91 Å². The summed E-state index contributed by atoms with van der Waals surface area (Å²) < 4.78 is 0. The van der Waals surface area contributed by atoms with Gasteiger partial charge in [-0.2, -0.15) is 0 Å². The van der Waals surface area contributed by atoms with Gasteiger partial charge in [-0.05, 0) is 42.9 Å². The molecule has 3 rings (SSSR count). The number of anilines is 2. The van der Waals surface area contributed by atoms with Crippen molar-refractivity contribution >= 4 is 17.4 Å². The number of fused-ring (bicyclic) bond motifs is 3. The van der Waals surface area contributed by atoms with Gasteiger partial charge in [0.2, 0.25) is 5.91 Å². The van der Waals surface area contributed by atoms with Crippen LogP contribution in [0.5, 0.6) is 0 Å². The van der Waals surface area contributed by atoms with Gasteiger partial charge in [-0.1, -0.05) is 33.3 Å². The lowest BCUT2D eigenvalue weighted by atomic mass is 9.91. The minimum absolute atomic E-state index is 0.00517. The maximum atomic E-state index is 12.2. The van der Waals surface area contributed by atoms with E-state index in [9.17, 15) is 4.79 Å². The summed E-state index contributed by atoms with van der Waals surface area (Å²) in [5.74, 6) is 0.952. The van der Waals surface area contributed by atoms with E-state index >= 15 is 0 Å². The lowest BCUT2D eigenvalue weighted by molar-refractivity contribution is -0.116. The largest absolute Gasteiger partial charge is 0.399 e. The number of hydrogen-bond donors (Lipinski definition) is 2. The Labute approximate surface area is 149 Å². The van der Waals surface area contributed by atoms with Crippen molar-refractivity contribution in [2.24, 2.45) is 5.92 Å². The number of amides is 1. The van der Waals surface area contributed by atoms with Crippen LogP contribution < -0.4 is 11.1 Å². The third kappa shape index (κ3) is 3.81. The van der Waals surface area contributed by atoms with Crippen LogP contribution in [0.2, 0.25) is 0 Å². The number of benzene rings is 1. The van der Waals surface area contributed by atoms with Crippen molar-refractivity contribution in [1.82, 2.24) is 9.97 Å². The van der Waals surface area contributed by atoms with Gasteiger partial charge in [0.1, 0.15) is 0 Å². The molecule has 0 unspecified atom stereocenters. The summed E-state index contributed by atoms with van der Waals surface area (Å²) in [6.07, 6.45) is 3.95. The van der Waals surface area contributed by atoms with Crippen molar-refractivity contribution in [3.63, 3.8) is 0 Å². The van der Waals surface area contributed by atoms with Gasteiger partial charge in [0.05, 0.1) is 17.1 Å². The fraction of sp³-hybridized carbons (Fsp3) is 0.450. The Morgan fingerprint density at radius 1 is 1.28 bits per heavy atom. The van der Waals surface area contributed by atoms with Crippen LogP contribution in [0.25, 0.3) is 11.3 Å². The SMILES string of the molecule is CCCc1nc2c(nc1NC(=O)CC(C)C)CCc1cc(N)ccc1-2. The molecule has 1 heterocycles. The Kier molecular flexibility index (Phi) is 5.02. The van der Waals surface area contributed by atoms with Gasteiger partial charge in [-0.15, -0.1) is 0 Å². The molecule has 3 N–H and O–H groups in total. The van der Waals surface area contributed by atoms with Crippen LogP contribution in [0.3, 0.4) is 0 Å². The number of nitrogen functional groups attached to an aromatic ring is 1. The number of nitrogens with two attached hydrogens (primary N) is 1. The smallest absolute Gasteiger partial charge is 0.225 e. The number of nitrogens with zero attached hydrogens (tertiary/aromatic N) is 2. The minimum atomic E-state index is 0.00517. The lowest BCUT2D eigenvalue weighted by Crippen LogP contribution is -2.19. The van der Waals surface area contributed by atoms with E-state index in [0.717, 1.165) is 54.0 Å². The summed E-state index contributed by atoms with van der Waals surface area (Å²) >= 11 is 0. The Morgan fingerprint density at radius 2 is 2.08 bits per heavy atom. The lowest BCUT2D eigenvalue weighted by Gasteiger charge is -2.21. The zero-order valence-corrected chi connectivity index (χ0v) is 15.2. The van der Waals surface area contributed by atoms with E-state index in [1.165, 1.54) is 5.56 Å². The molecule has 1 aliphatic rings. The Morgan fingerprint density at radius 3 is 2.80 bits per heavy atom. The molecule has 0 atom stereocenters. The van der Waals surface area contributed by atoms with Gasteiger partial charge >= 0.3 is 0 Å². The van der Waals surface area contributed by atoms with Crippen molar-refractivity contribution in [2.45, 2.75) is 52.9 Å². The summed E-state index contributed by atoms with van der Waals surface area (Å²) in [4.78, 5) is 21.9. The zero-order chi connectivity index (χ0) is 18.0. The number of aryl methyl sites for hydroxylation is 3. The van der Waals surface area contributed by atoms with Crippen LogP contribution >= 0.6 is 0 Å². The highest BCUT2D eigenvalue weighted by atomic mass is 16.1. The standard InChI is InChI=1S/C20H26N4O/c1-4-5-17-20(24-18(25)10-12(2)3)23-16-9-6-13-11-14(21)7-8-15(13)19(16)22-17/h7-8,11-12H,4-6,9-10,21H2,1-3H3,(H,23,24,25). The molecule has 1 aliphatic carbocycles. The molecule has 25 heavy (non-hydrogen) atoms. The number of nitrogens with one attached hydrogen (secondary N) is 1. The molecular formula is C20H26N4O. The first kappa shape index (κ1) is 17.4. The van der Waals surface area contributed by atoms with Gasteiger partial charge in [-0.3, -0.25) is 4.79 Å². The highest BCUT2D eigenvalue weighted by Gasteiger charge is 2.22. The summed E-state index contributed by atoms with van der Waals surface area (Å²) in [6, 6.07) is 5.97. The molecule has 0 bridgehead atoms. The molecule has 0 radical (unpaired) electrons. The minimum Gasteiger partial charge on any atom is -0.399 e. The van der Waals surface area contributed by atoms with Gasteiger partial charge < -0.3 is 11.1 Å². The number of hydrogen-bond acceptors (Lipinski definition) is 4. The Bertz CT molecular complexity index is 799. The van der Waals surface area contributed by atoms with Crippen molar-refractivity contribution < 1.29 is 4.79 Å². The molecule has 0 spiro atoms. The number of carbonyl (C=O) groups excluding carboxylic acids is 1. The summed E-state index contributed by atoms with van der Waals surface area (Å²) in [5, 5.41) is 2.98. The Hall–Kier alpha value is -2.43. The predicted molar refractivity (Wildman–Crippen MR) is 101 cm³/mol. The average Bonchev–Trinajstić information content (AvgIpc) is 2.54. The van der Waals surface area contributed by atoms with Crippen molar-refractivity contribution in [1.29, 1.82) is 0 Å². The van der Waals surface area contributed by atoms with Gasteiger partial charge in [0.15, 0.2) is 5.82 Å². The number of aromatic nitrogens is 2. The third-order valence-electron chi connectivity index (χ3n) is 4.39. The van der Waals surface area contributed by atoms with Crippen LogP contribution in [0.1, 0.15) is 50.6 Å². The van der Waals surface area contributed by atoms with E-state index in [4.69, 9.17) is 15.7 Å². The fourth-order valence-corrected chi connectivity index (χ4v) is 3.26. The molecule has 1 amide bonds. The van der Waals surface area contributed by atoms with Gasteiger partial charge in [-0.25, -0.2) is 9.97 Å². The second-order valence-electron chi connectivity index (χ2n) is 7.13. The van der Waals surface area contributed by atoms with Crippen molar-refractivity contribution in [2.75, 3.05) is 11.1 Å². The molecule has 1 aromatic carbocycles. The van der Waals surface area contributed by atoms with Gasteiger partial charge in [0, 0.05) is 17.7 Å². The van der Waals surface area contributed by atoms with Crippen LogP contribution in [0.4, 0.5) is 11.5 Å². The van der Waals surface area contributed by atoms with E-state index in [0.29, 0.717) is 18.2 Å². The number of rotatable bonds is 5. The number of carbonyl (C=O) groups is 1. The maximum absolute atomic E-state index is 12.2. The molecular weight excluding hydrogens is 312 g/mol. The molecule has 0 saturated carbocycles. The van der Waals surface area contributed by atoms with Crippen LogP contribution in [-0.4, -0.2) is 15.9 Å².